The first kappa shape index (κ1) is 14.8. The molecule has 0 radical (unpaired) electrons. The third kappa shape index (κ3) is 4.45. The minimum absolute atomic E-state index is 0.144. The standard InChI is InChI=1S/C17H16O4/c1-20-15-9-7-13(8-10-15)12-21-17(19)11-16(18)14-5-3-2-4-6-14/h2-10H,11-12H2,1H3. The summed E-state index contributed by atoms with van der Waals surface area (Å²) in [6.45, 7) is 0.144. The Labute approximate surface area is 123 Å². The molecule has 0 atom stereocenters. The van der Waals surface area contributed by atoms with E-state index in [1.54, 1.807) is 43.5 Å². The Balaban J connectivity index is 1.83. The van der Waals surface area contributed by atoms with Crippen molar-refractivity contribution in [1.29, 1.82) is 0 Å². The summed E-state index contributed by atoms with van der Waals surface area (Å²) < 4.78 is 10.1. The van der Waals surface area contributed by atoms with Crippen molar-refractivity contribution in [2.75, 3.05) is 7.11 Å². The Morgan fingerprint density at radius 3 is 2.24 bits per heavy atom. The number of carbonyl (C=O) groups is 2. The summed E-state index contributed by atoms with van der Waals surface area (Å²) in [5, 5.41) is 0. The van der Waals surface area contributed by atoms with E-state index < -0.39 is 5.97 Å². The van der Waals surface area contributed by atoms with Gasteiger partial charge in [-0.2, -0.15) is 0 Å². The first-order valence-corrected chi connectivity index (χ1v) is 6.56. The number of ether oxygens (including phenoxy) is 2. The molecule has 0 amide bonds. The third-order valence-electron chi connectivity index (χ3n) is 2.96. The number of hydrogen-bond acceptors (Lipinski definition) is 4. The van der Waals surface area contributed by atoms with Gasteiger partial charge in [-0.15, -0.1) is 0 Å². The predicted molar refractivity (Wildman–Crippen MR) is 78.2 cm³/mol. The number of esters is 1. The van der Waals surface area contributed by atoms with Crippen molar-refractivity contribution < 1.29 is 19.1 Å². The second-order valence-corrected chi connectivity index (χ2v) is 4.47. The molecule has 0 saturated heterocycles. The highest BCUT2D eigenvalue weighted by molar-refractivity contribution is 6.05. The molecule has 0 unspecified atom stereocenters. The lowest BCUT2D eigenvalue weighted by atomic mass is 10.1. The molecule has 2 aromatic rings. The Kier molecular flexibility index (Phi) is 5.10. The molecule has 0 N–H and O–H groups in total. The minimum Gasteiger partial charge on any atom is -0.497 e. The van der Waals surface area contributed by atoms with Crippen LogP contribution in [-0.2, 0) is 16.1 Å². The molecule has 0 bridgehead atoms. The van der Waals surface area contributed by atoms with E-state index >= 15 is 0 Å². The molecule has 4 heteroatoms. The minimum atomic E-state index is -0.528. The normalized spacial score (nSPS) is 9.95. The van der Waals surface area contributed by atoms with Crippen molar-refractivity contribution in [3.05, 3.63) is 65.7 Å². The van der Waals surface area contributed by atoms with Gasteiger partial charge in [-0.25, -0.2) is 0 Å². The van der Waals surface area contributed by atoms with Crippen LogP contribution in [0.4, 0.5) is 0 Å². The fourth-order valence-corrected chi connectivity index (χ4v) is 1.79. The molecule has 0 saturated carbocycles. The Hall–Kier alpha value is -2.62. The fraction of sp³-hybridized carbons (Fsp3) is 0.176. The zero-order valence-electron chi connectivity index (χ0n) is 11.7. The van der Waals surface area contributed by atoms with Crippen LogP contribution in [0.15, 0.2) is 54.6 Å². The van der Waals surface area contributed by atoms with Gasteiger partial charge in [-0.1, -0.05) is 42.5 Å². The summed E-state index contributed by atoms with van der Waals surface area (Å²) in [7, 11) is 1.59. The SMILES string of the molecule is COc1ccc(COC(=O)CC(=O)c2ccccc2)cc1. The van der Waals surface area contributed by atoms with E-state index in [0.717, 1.165) is 11.3 Å². The molecule has 0 aromatic heterocycles. The van der Waals surface area contributed by atoms with Crippen molar-refractivity contribution in [2.24, 2.45) is 0 Å². The zero-order valence-corrected chi connectivity index (χ0v) is 11.7. The van der Waals surface area contributed by atoms with E-state index in [1.807, 2.05) is 18.2 Å². The van der Waals surface area contributed by atoms with Gasteiger partial charge >= 0.3 is 5.97 Å². The lowest BCUT2D eigenvalue weighted by molar-refractivity contribution is -0.143. The lowest BCUT2D eigenvalue weighted by Crippen LogP contribution is -2.11. The molecule has 2 rings (SSSR count). The van der Waals surface area contributed by atoms with E-state index in [9.17, 15) is 9.59 Å². The summed E-state index contributed by atoms with van der Waals surface area (Å²) >= 11 is 0. The quantitative estimate of drug-likeness (QED) is 0.465. The molecule has 2 aromatic carbocycles. The molecular formula is C17H16O4. The molecule has 0 spiro atoms. The van der Waals surface area contributed by atoms with Gasteiger partial charge in [0.25, 0.3) is 0 Å². The predicted octanol–water partition coefficient (Wildman–Crippen LogP) is 3.01. The average Bonchev–Trinajstić information content (AvgIpc) is 2.54. The van der Waals surface area contributed by atoms with E-state index in [1.165, 1.54) is 0 Å². The first-order valence-electron chi connectivity index (χ1n) is 6.56. The molecular weight excluding hydrogens is 268 g/mol. The topological polar surface area (TPSA) is 52.6 Å². The van der Waals surface area contributed by atoms with E-state index in [-0.39, 0.29) is 18.8 Å². The van der Waals surface area contributed by atoms with Gasteiger partial charge < -0.3 is 9.47 Å². The summed E-state index contributed by atoms with van der Waals surface area (Å²) in [5.41, 5.74) is 1.36. The molecule has 0 heterocycles. The molecule has 21 heavy (non-hydrogen) atoms. The smallest absolute Gasteiger partial charge is 0.314 e. The Morgan fingerprint density at radius 1 is 0.952 bits per heavy atom. The largest absolute Gasteiger partial charge is 0.497 e. The summed E-state index contributed by atoms with van der Waals surface area (Å²) in [6.07, 6.45) is -0.250. The van der Waals surface area contributed by atoms with Gasteiger partial charge in [0.1, 0.15) is 18.8 Å². The maximum atomic E-state index is 11.8. The Bertz CT molecular complexity index is 602. The van der Waals surface area contributed by atoms with Crippen LogP contribution in [-0.4, -0.2) is 18.9 Å². The highest BCUT2D eigenvalue weighted by Gasteiger charge is 2.12. The van der Waals surface area contributed by atoms with Gasteiger partial charge in [0.05, 0.1) is 7.11 Å². The van der Waals surface area contributed by atoms with Crippen molar-refractivity contribution in [3.8, 4) is 5.75 Å². The molecule has 0 fully saturated rings. The number of hydrogen-bond donors (Lipinski definition) is 0. The van der Waals surface area contributed by atoms with Crippen LogP contribution in [0.5, 0.6) is 5.75 Å². The Morgan fingerprint density at radius 2 is 1.62 bits per heavy atom. The van der Waals surface area contributed by atoms with E-state index in [2.05, 4.69) is 0 Å². The van der Waals surface area contributed by atoms with E-state index in [4.69, 9.17) is 9.47 Å². The second kappa shape index (κ2) is 7.24. The van der Waals surface area contributed by atoms with Gasteiger partial charge in [0, 0.05) is 5.56 Å². The number of carbonyl (C=O) groups excluding carboxylic acids is 2. The van der Waals surface area contributed by atoms with Crippen molar-refractivity contribution in [2.45, 2.75) is 13.0 Å². The number of ketones is 1. The molecule has 0 aliphatic rings. The van der Waals surface area contributed by atoms with E-state index in [0.29, 0.717) is 5.56 Å². The van der Waals surface area contributed by atoms with Crippen LogP contribution in [0, 0.1) is 0 Å². The maximum absolute atomic E-state index is 11.8. The highest BCUT2D eigenvalue weighted by atomic mass is 16.5. The monoisotopic (exact) mass is 284 g/mol. The van der Waals surface area contributed by atoms with Crippen molar-refractivity contribution in [1.82, 2.24) is 0 Å². The number of benzene rings is 2. The molecule has 4 nitrogen and oxygen atoms in total. The summed E-state index contributed by atoms with van der Waals surface area (Å²) in [6, 6.07) is 15.9. The van der Waals surface area contributed by atoms with Crippen LogP contribution in [0.1, 0.15) is 22.3 Å². The lowest BCUT2D eigenvalue weighted by Gasteiger charge is -2.06. The third-order valence-corrected chi connectivity index (χ3v) is 2.96. The van der Waals surface area contributed by atoms with Crippen molar-refractivity contribution >= 4 is 11.8 Å². The van der Waals surface area contributed by atoms with Gasteiger partial charge in [0.2, 0.25) is 0 Å². The highest BCUT2D eigenvalue weighted by Crippen LogP contribution is 2.12. The fourth-order valence-electron chi connectivity index (χ4n) is 1.79. The van der Waals surface area contributed by atoms with Crippen LogP contribution < -0.4 is 4.74 Å². The maximum Gasteiger partial charge on any atom is 0.314 e. The number of methoxy groups -OCH3 is 1. The average molecular weight is 284 g/mol. The van der Waals surface area contributed by atoms with Crippen molar-refractivity contribution in [3.63, 3.8) is 0 Å². The molecule has 0 aliphatic heterocycles. The summed E-state index contributed by atoms with van der Waals surface area (Å²) in [4.78, 5) is 23.5. The summed E-state index contributed by atoms with van der Waals surface area (Å²) in [5.74, 6) is -0.0284. The van der Waals surface area contributed by atoms with Crippen LogP contribution in [0.2, 0.25) is 0 Å². The van der Waals surface area contributed by atoms with Crippen LogP contribution in [0.25, 0.3) is 0 Å². The van der Waals surface area contributed by atoms with Gasteiger partial charge in [-0.3, -0.25) is 9.59 Å². The zero-order chi connectivity index (χ0) is 15.1. The first-order chi connectivity index (χ1) is 10.2. The van der Waals surface area contributed by atoms with Gasteiger partial charge in [-0.05, 0) is 17.7 Å². The molecule has 0 aliphatic carbocycles. The van der Waals surface area contributed by atoms with Crippen LogP contribution >= 0.6 is 0 Å². The number of rotatable bonds is 6. The second-order valence-electron chi connectivity index (χ2n) is 4.47. The number of Topliss-reactive ketones (excluding diaryl/α,β-unsaturated/α-hetero) is 1. The molecule has 108 valence electrons. The van der Waals surface area contributed by atoms with Gasteiger partial charge in [0.15, 0.2) is 5.78 Å². The van der Waals surface area contributed by atoms with Crippen LogP contribution in [0.3, 0.4) is 0 Å².